The average molecular weight is 351 g/mol. The SMILES string of the molecule is Cc1ccc(N2CCCC(NC(=O)c3cccc(C(N)=O)c3)C2=O)cc1. The maximum atomic E-state index is 12.8. The van der Waals surface area contributed by atoms with Crippen LogP contribution in [0.25, 0.3) is 0 Å². The lowest BCUT2D eigenvalue weighted by atomic mass is 10.0. The van der Waals surface area contributed by atoms with Gasteiger partial charge in [-0.1, -0.05) is 23.8 Å². The molecule has 3 rings (SSSR count). The molecule has 1 fully saturated rings. The molecule has 3 N–H and O–H groups in total. The molecule has 0 spiro atoms. The van der Waals surface area contributed by atoms with Crippen molar-refractivity contribution in [2.45, 2.75) is 25.8 Å². The Bertz CT molecular complexity index is 846. The molecule has 1 saturated heterocycles. The van der Waals surface area contributed by atoms with Crippen molar-refractivity contribution in [2.75, 3.05) is 11.4 Å². The Morgan fingerprint density at radius 1 is 1.12 bits per heavy atom. The van der Waals surface area contributed by atoms with Gasteiger partial charge in [-0.25, -0.2) is 0 Å². The van der Waals surface area contributed by atoms with Crippen LogP contribution in [0.5, 0.6) is 0 Å². The van der Waals surface area contributed by atoms with Crippen molar-refractivity contribution in [2.24, 2.45) is 5.73 Å². The molecule has 1 unspecified atom stereocenters. The summed E-state index contributed by atoms with van der Waals surface area (Å²) in [4.78, 5) is 38.3. The Balaban J connectivity index is 1.74. The number of anilines is 1. The number of nitrogens with one attached hydrogen (secondary N) is 1. The molecule has 6 heteroatoms. The van der Waals surface area contributed by atoms with Crippen molar-refractivity contribution in [3.8, 4) is 0 Å². The second kappa shape index (κ2) is 7.39. The van der Waals surface area contributed by atoms with E-state index in [0.29, 0.717) is 18.5 Å². The predicted octanol–water partition coefficient (Wildman–Crippen LogP) is 2.02. The molecule has 0 aliphatic carbocycles. The first-order valence-electron chi connectivity index (χ1n) is 8.54. The molecule has 0 aromatic heterocycles. The fourth-order valence-electron chi connectivity index (χ4n) is 3.05. The van der Waals surface area contributed by atoms with Crippen molar-refractivity contribution < 1.29 is 14.4 Å². The minimum atomic E-state index is -0.598. The molecule has 1 aliphatic heterocycles. The molecule has 6 nitrogen and oxygen atoms in total. The summed E-state index contributed by atoms with van der Waals surface area (Å²) in [5, 5.41) is 2.78. The highest BCUT2D eigenvalue weighted by molar-refractivity contribution is 6.04. The maximum Gasteiger partial charge on any atom is 0.251 e. The number of hydrogen-bond acceptors (Lipinski definition) is 3. The molecule has 3 amide bonds. The Kier molecular flexibility index (Phi) is 5.02. The summed E-state index contributed by atoms with van der Waals surface area (Å²) >= 11 is 0. The van der Waals surface area contributed by atoms with E-state index in [1.54, 1.807) is 23.1 Å². The van der Waals surface area contributed by atoms with Crippen molar-refractivity contribution in [1.82, 2.24) is 5.32 Å². The lowest BCUT2D eigenvalue weighted by Crippen LogP contribution is -2.52. The predicted molar refractivity (Wildman–Crippen MR) is 99.0 cm³/mol. The number of carbonyl (C=O) groups is 3. The van der Waals surface area contributed by atoms with E-state index in [-0.39, 0.29) is 11.5 Å². The lowest BCUT2D eigenvalue weighted by Gasteiger charge is -2.32. The number of nitrogens with zero attached hydrogens (tertiary/aromatic N) is 1. The summed E-state index contributed by atoms with van der Waals surface area (Å²) in [5.74, 6) is -1.12. The third-order valence-electron chi connectivity index (χ3n) is 4.50. The molecule has 0 radical (unpaired) electrons. The van der Waals surface area contributed by atoms with Crippen LogP contribution in [-0.2, 0) is 4.79 Å². The number of carbonyl (C=O) groups excluding carboxylic acids is 3. The first-order valence-corrected chi connectivity index (χ1v) is 8.54. The highest BCUT2D eigenvalue weighted by Crippen LogP contribution is 2.22. The monoisotopic (exact) mass is 351 g/mol. The average Bonchev–Trinajstić information content (AvgIpc) is 2.64. The van der Waals surface area contributed by atoms with Crippen LogP contribution in [0.2, 0.25) is 0 Å². The third kappa shape index (κ3) is 3.74. The zero-order chi connectivity index (χ0) is 18.7. The van der Waals surface area contributed by atoms with Crippen LogP contribution >= 0.6 is 0 Å². The van der Waals surface area contributed by atoms with E-state index < -0.39 is 17.9 Å². The van der Waals surface area contributed by atoms with Crippen molar-refractivity contribution in [3.63, 3.8) is 0 Å². The first kappa shape index (κ1) is 17.7. The zero-order valence-corrected chi connectivity index (χ0v) is 14.6. The molecule has 1 aliphatic rings. The Morgan fingerprint density at radius 2 is 1.81 bits per heavy atom. The summed E-state index contributed by atoms with van der Waals surface area (Å²) in [6, 6.07) is 13.3. The number of nitrogens with two attached hydrogens (primary N) is 1. The fraction of sp³-hybridized carbons (Fsp3) is 0.250. The molecular formula is C20H21N3O3. The van der Waals surface area contributed by atoms with E-state index in [9.17, 15) is 14.4 Å². The zero-order valence-electron chi connectivity index (χ0n) is 14.6. The number of hydrogen-bond donors (Lipinski definition) is 2. The van der Waals surface area contributed by atoms with Crippen LogP contribution in [0.1, 0.15) is 39.1 Å². The van der Waals surface area contributed by atoms with Crippen molar-refractivity contribution in [3.05, 3.63) is 65.2 Å². The number of piperidine rings is 1. The van der Waals surface area contributed by atoms with E-state index in [2.05, 4.69) is 5.32 Å². The van der Waals surface area contributed by atoms with Crippen LogP contribution < -0.4 is 16.0 Å². The summed E-state index contributed by atoms with van der Waals surface area (Å²) in [6.45, 7) is 2.62. The van der Waals surface area contributed by atoms with E-state index in [1.807, 2.05) is 31.2 Å². The number of aryl methyl sites for hydroxylation is 1. The number of primary amides is 1. The van der Waals surface area contributed by atoms with Gasteiger partial charge in [0.05, 0.1) is 0 Å². The molecule has 26 heavy (non-hydrogen) atoms. The second-order valence-electron chi connectivity index (χ2n) is 6.44. The van der Waals surface area contributed by atoms with E-state index in [0.717, 1.165) is 17.7 Å². The highest BCUT2D eigenvalue weighted by atomic mass is 16.2. The third-order valence-corrected chi connectivity index (χ3v) is 4.50. The fourth-order valence-corrected chi connectivity index (χ4v) is 3.05. The van der Waals surface area contributed by atoms with Crippen molar-refractivity contribution in [1.29, 1.82) is 0 Å². The number of rotatable bonds is 4. The van der Waals surface area contributed by atoms with Gasteiger partial charge >= 0.3 is 0 Å². The van der Waals surface area contributed by atoms with Gasteiger partial charge in [0.15, 0.2) is 0 Å². The van der Waals surface area contributed by atoms with Gasteiger partial charge in [0.25, 0.3) is 5.91 Å². The van der Waals surface area contributed by atoms with Gasteiger partial charge < -0.3 is 16.0 Å². The molecule has 0 saturated carbocycles. The number of amides is 3. The van der Waals surface area contributed by atoms with Crippen molar-refractivity contribution >= 4 is 23.4 Å². The normalized spacial score (nSPS) is 17.0. The van der Waals surface area contributed by atoms with E-state index >= 15 is 0 Å². The summed E-state index contributed by atoms with van der Waals surface area (Å²) in [6.07, 6.45) is 1.38. The molecular weight excluding hydrogens is 330 g/mol. The van der Waals surface area contributed by atoms with Gasteiger partial charge in [-0.05, 0) is 50.1 Å². The smallest absolute Gasteiger partial charge is 0.251 e. The largest absolute Gasteiger partial charge is 0.366 e. The number of benzene rings is 2. The van der Waals surface area contributed by atoms with Gasteiger partial charge in [0, 0.05) is 23.4 Å². The maximum absolute atomic E-state index is 12.8. The Labute approximate surface area is 152 Å². The van der Waals surface area contributed by atoms with Gasteiger partial charge in [0.2, 0.25) is 11.8 Å². The van der Waals surface area contributed by atoms with E-state index in [4.69, 9.17) is 5.73 Å². The van der Waals surface area contributed by atoms with Crippen LogP contribution in [0.15, 0.2) is 48.5 Å². The minimum Gasteiger partial charge on any atom is -0.366 e. The summed E-state index contributed by atoms with van der Waals surface area (Å²) in [7, 11) is 0. The first-order chi connectivity index (χ1) is 12.5. The molecule has 134 valence electrons. The van der Waals surface area contributed by atoms with Gasteiger partial charge in [0.1, 0.15) is 6.04 Å². The van der Waals surface area contributed by atoms with Crippen LogP contribution in [0, 0.1) is 6.92 Å². The Hall–Kier alpha value is -3.15. The highest BCUT2D eigenvalue weighted by Gasteiger charge is 2.31. The van der Waals surface area contributed by atoms with Crippen LogP contribution in [0.3, 0.4) is 0 Å². The van der Waals surface area contributed by atoms with Gasteiger partial charge in [-0.15, -0.1) is 0 Å². The molecule has 2 aromatic rings. The van der Waals surface area contributed by atoms with Gasteiger partial charge in [-0.2, -0.15) is 0 Å². The molecule has 1 atom stereocenters. The minimum absolute atomic E-state index is 0.125. The second-order valence-corrected chi connectivity index (χ2v) is 6.44. The van der Waals surface area contributed by atoms with Gasteiger partial charge in [-0.3, -0.25) is 14.4 Å². The topological polar surface area (TPSA) is 92.5 Å². The Morgan fingerprint density at radius 3 is 2.50 bits per heavy atom. The molecule has 1 heterocycles. The quantitative estimate of drug-likeness (QED) is 0.882. The lowest BCUT2D eigenvalue weighted by molar-refractivity contribution is -0.121. The summed E-state index contributed by atoms with van der Waals surface area (Å²) < 4.78 is 0. The standard InChI is InChI=1S/C20H21N3O3/c1-13-7-9-16(10-8-13)23-11-3-6-17(20(23)26)22-19(25)15-5-2-4-14(12-15)18(21)24/h2,4-5,7-10,12,17H,3,6,11H2,1H3,(H2,21,24)(H,22,25). The molecule has 2 aromatic carbocycles. The molecule has 0 bridgehead atoms. The van der Waals surface area contributed by atoms with E-state index in [1.165, 1.54) is 6.07 Å². The van der Waals surface area contributed by atoms with Crippen LogP contribution in [0.4, 0.5) is 5.69 Å². The van der Waals surface area contributed by atoms with Crippen LogP contribution in [-0.4, -0.2) is 30.3 Å². The summed E-state index contributed by atoms with van der Waals surface area (Å²) in [5.41, 5.74) is 7.77.